The lowest BCUT2D eigenvalue weighted by Crippen LogP contribution is -2.28. The van der Waals surface area contributed by atoms with Gasteiger partial charge in [0.25, 0.3) is 0 Å². The molecule has 0 fully saturated rings. The van der Waals surface area contributed by atoms with Gasteiger partial charge in [-0.2, -0.15) is 5.10 Å². The lowest BCUT2D eigenvalue weighted by Gasteiger charge is -2.04. The van der Waals surface area contributed by atoms with E-state index in [1.807, 2.05) is 0 Å². The molecule has 0 aromatic carbocycles. The fourth-order valence-electron chi connectivity index (χ4n) is 1.24. The highest BCUT2D eigenvalue weighted by Crippen LogP contribution is 2.01. The first-order chi connectivity index (χ1) is 8.09. The minimum Gasteiger partial charge on any atom is -0.366 e. The minimum atomic E-state index is -3.81. The number of aromatic amines is 2. The number of nitrogens with zero attached hydrogens (tertiary/aromatic N) is 1. The Morgan fingerprint density at radius 1 is 1.35 bits per heavy atom. The summed E-state index contributed by atoms with van der Waals surface area (Å²) in [6, 6.07) is 2.79. The Hall–Kier alpha value is -1.93. The van der Waals surface area contributed by atoms with Gasteiger partial charge in [0.15, 0.2) is 0 Å². The molecule has 90 valence electrons. The number of sulfonamides is 1. The summed E-state index contributed by atoms with van der Waals surface area (Å²) in [6.07, 6.45) is 4.03. The maximum Gasteiger partial charge on any atom is 0.246 e. The van der Waals surface area contributed by atoms with Crippen molar-refractivity contribution >= 4 is 10.0 Å². The largest absolute Gasteiger partial charge is 0.366 e. The summed E-state index contributed by atoms with van der Waals surface area (Å²) in [5.41, 5.74) is 0.0572. The van der Waals surface area contributed by atoms with Crippen molar-refractivity contribution in [3.8, 4) is 0 Å². The Morgan fingerprint density at radius 3 is 2.82 bits per heavy atom. The molecule has 0 radical (unpaired) electrons. The van der Waals surface area contributed by atoms with E-state index in [-0.39, 0.29) is 11.4 Å². The lowest BCUT2D eigenvalue weighted by atomic mass is 10.4. The Kier molecular flexibility index (Phi) is 3.07. The van der Waals surface area contributed by atoms with Gasteiger partial charge in [-0.15, -0.1) is 0 Å². The fourth-order valence-corrected chi connectivity index (χ4v) is 2.30. The molecule has 2 aromatic rings. The van der Waals surface area contributed by atoms with Gasteiger partial charge in [-0.25, -0.2) is 13.1 Å². The topological polar surface area (TPSA) is 108 Å². The first kappa shape index (κ1) is 11.6. The first-order valence-electron chi connectivity index (χ1n) is 4.74. The van der Waals surface area contributed by atoms with Crippen molar-refractivity contribution in [2.24, 2.45) is 0 Å². The second kappa shape index (κ2) is 4.52. The van der Waals surface area contributed by atoms with E-state index in [1.165, 1.54) is 12.4 Å². The van der Waals surface area contributed by atoms with Crippen LogP contribution in [0.15, 0.2) is 40.4 Å². The Balaban J connectivity index is 2.20. The third-order valence-electron chi connectivity index (χ3n) is 2.09. The normalized spacial score (nSPS) is 11.5. The summed E-state index contributed by atoms with van der Waals surface area (Å²) < 4.78 is 25.9. The smallest absolute Gasteiger partial charge is 0.246 e. The van der Waals surface area contributed by atoms with Crippen LogP contribution in [0.1, 0.15) is 5.69 Å². The van der Waals surface area contributed by atoms with Gasteiger partial charge in [-0.1, -0.05) is 0 Å². The lowest BCUT2D eigenvalue weighted by molar-refractivity contribution is 0.579. The van der Waals surface area contributed by atoms with Crippen LogP contribution >= 0.6 is 0 Å². The fraction of sp³-hybridized carbons (Fsp3) is 0.111. The molecule has 8 heteroatoms. The molecule has 2 aromatic heterocycles. The van der Waals surface area contributed by atoms with Crippen LogP contribution in [0.3, 0.4) is 0 Å². The number of aromatic nitrogens is 3. The van der Waals surface area contributed by atoms with Gasteiger partial charge in [-0.3, -0.25) is 9.89 Å². The molecular weight excluding hydrogens is 244 g/mol. The van der Waals surface area contributed by atoms with Crippen molar-refractivity contribution in [1.82, 2.24) is 19.9 Å². The molecule has 0 spiro atoms. The number of pyridine rings is 1. The molecule has 0 saturated carbocycles. The van der Waals surface area contributed by atoms with E-state index in [1.54, 1.807) is 6.07 Å². The summed E-state index contributed by atoms with van der Waals surface area (Å²) in [5.74, 6) is 0. The van der Waals surface area contributed by atoms with Crippen LogP contribution in [0.5, 0.6) is 0 Å². The van der Waals surface area contributed by atoms with E-state index in [0.717, 1.165) is 12.3 Å². The molecule has 0 amide bonds. The highest BCUT2D eigenvalue weighted by molar-refractivity contribution is 7.89. The van der Waals surface area contributed by atoms with Crippen LogP contribution in [0, 0.1) is 0 Å². The molecule has 7 nitrogen and oxygen atoms in total. The van der Waals surface area contributed by atoms with E-state index >= 15 is 0 Å². The summed E-state index contributed by atoms with van der Waals surface area (Å²) >= 11 is 0. The van der Waals surface area contributed by atoms with Crippen molar-refractivity contribution in [3.63, 3.8) is 0 Å². The van der Waals surface area contributed by atoms with E-state index in [2.05, 4.69) is 19.9 Å². The number of rotatable bonds is 4. The van der Waals surface area contributed by atoms with Crippen molar-refractivity contribution in [1.29, 1.82) is 0 Å². The van der Waals surface area contributed by atoms with Gasteiger partial charge in [0, 0.05) is 24.7 Å². The van der Waals surface area contributed by atoms with Crippen LogP contribution in [-0.4, -0.2) is 23.6 Å². The zero-order valence-electron chi connectivity index (χ0n) is 8.67. The maximum atomic E-state index is 11.8. The first-order valence-corrected chi connectivity index (χ1v) is 6.23. The molecule has 0 bridgehead atoms. The van der Waals surface area contributed by atoms with Crippen LogP contribution in [0.4, 0.5) is 0 Å². The molecule has 3 N–H and O–H groups in total. The van der Waals surface area contributed by atoms with Crippen LogP contribution in [0.2, 0.25) is 0 Å². The Labute approximate surface area is 96.9 Å². The number of hydrogen-bond acceptors (Lipinski definition) is 4. The van der Waals surface area contributed by atoms with E-state index in [9.17, 15) is 13.2 Å². The standard InChI is InChI=1S/C9H10N4O3S/c14-8-2-3-10-6-9(8)17(15,16)12-5-7-1-4-11-13-7/h1-4,6,12H,5H2,(H,10,14)(H,11,13). The molecular formula is C9H10N4O3S. The van der Waals surface area contributed by atoms with Gasteiger partial charge in [0.05, 0.1) is 12.2 Å². The van der Waals surface area contributed by atoms with Crippen LogP contribution in [-0.2, 0) is 16.6 Å². The molecule has 0 aliphatic rings. The molecule has 2 heterocycles. The third-order valence-corrected chi connectivity index (χ3v) is 3.51. The summed E-state index contributed by atoms with van der Waals surface area (Å²) in [6.45, 7) is 0.0522. The van der Waals surface area contributed by atoms with Crippen molar-refractivity contribution < 1.29 is 8.42 Å². The van der Waals surface area contributed by atoms with E-state index < -0.39 is 15.5 Å². The molecule has 17 heavy (non-hydrogen) atoms. The maximum absolute atomic E-state index is 11.8. The molecule has 2 rings (SSSR count). The van der Waals surface area contributed by atoms with Crippen molar-refractivity contribution in [2.45, 2.75) is 11.4 Å². The van der Waals surface area contributed by atoms with Gasteiger partial charge in [0.1, 0.15) is 4.90 Å². The summed E-state index contributed by atoms with van der Waals surface area (Å²) in [4.78, 5) is 13.6. The average Bonchev–Trinajstić information content (AvgIpc) is 2.80. The van der Waals surface area contributed by atoms with Crippen molar-refractivity contribution in [3.05, 3.63) is 46.6 Å². The summed E-state index contributed by atoms with van der Waals surface area (Å²) in [5, 5.41) is 6.30. The second-order valence-corrected chi connectivity index (χ2v) is 5.01. The zero-order valence-corrected chi connectivity index (χ0v) is 9.49. The molecule has 0 saturated heterocycles. The van der Waals surface area contributed by atoms with Crippen LogP contribution in [0.25, 0.3) is 0 Å². The predicted octanol–water partition coefficient (Wildman–Crippen LogP) is -0.424. The highest BCUT2D eigenvalue weighted by atomic mass is 32.2. The number of H-pyrrole nitrogens is 2. The minimum absolute atomic E-state index is 0.0522. The summed E-state index contributed by atoms with van der Waals surface area (Å²) in [7, 11) is -3.81. The molecule has 0 aliphatic carbocycles. The Bertz CT molecular complexity index is 645. The second-order valence-electron chi connectivity index (χ2n) is 3.28. The average molecular weight is 254 g/mol. The zero-order chi connectivity index (χ0) is 12.3. The van der Waals surface area contributed by atoms with E-state index in [0.29, 0.717) is 5.69 Å². The van der Waals surface area contributed by atoms with E-state index in [4.69, 9.17) is 0 Å². The third kappa shape index (κ3) is 2.60. The van der Waals surface area contributed by atoms with Crippen molar-refractivity contribution in [2.75, 3.05) is 0 Å². The molecule has 0 unspecified atom stereocenters. The van der Waals surface area contributed by atoms with Gasteiger partial charge >= 0.3 is 0 Å². The van der Waals surface area contributed by atoms with Gasteiger partial charge in [-0.05, 0) is 6.07 Å². The molecule has 0 aliphatic heterocycles. The monoisotopic (exact) mass is 254 g/mol. The number of hydrogen-bond donors (Lipinski definition) is 3. The Morgan fingerprint density at radius 2 is 2.18 bits per heavy atom. The number of nitrogens with one attached hydrogen (secondary N) is 3. The van der Waals surface area contributed by atoms with Crippen LogP contribution < -0.4 is 10.2 Å². The molecule has 0 atom stereocenters. The van der Waals surface area contributed by atoms with Gasteiger partial charge in [0.2, 0.25) is 15.5 Å². The SMILES string of the molecule is O=c1cc[nH]cc1S(=O)(=O)NCc1ccn[nH]1. The highest BCUT2D eigenvalue weighted by Gasteiger charge is 2.17. The predicted molar refractivity (Wildman–Crippen MR) is 59.7 cm³/mol. The quantitative estimate of drug-likeness (QED) is 0.688. The van der Waals surface area contributed by atoms with Gasteiger partial charge < -0.3 is 4.98 Å².